The number of benzene rings is 1. The third-order valence-electron chi connectivity index (χ3n) is 6.13. The molecular weight excluding hydrogens is 366 g/mol. The van der Waals surface area contributed by atoms with Crippen LogP contribution in [-0.2, 0) is 9.59 Å². The Morgan fingerprint density at radius 3 is 2.41 bits per heavy atom. The Kier molecular flexibility index (Phi) is 6.60. The summed E-state index contributed by atoms with van der Waals surface area (Å²) in [6.07, 6.45) is 4.80. The van der Waals surface area contributed by atoms with E-state index in [2.05, 4.69) is 12.2 Å². The Morgan fingerprint density at radius 2 is 1.76 bits per heavy atom. The molecule has 0 saturated carbocycles. The number of hydrogen-bond acceptors (Lipinski definition) is 3. The summed E-state index contributed by atoms with van der Waals surface area (Å²) < 4.78 is 0. The zero-order valence-corrected chi connectivity index (χ0v) is 18.0. The Morgan fingerprint density at radius 1 is 1.03 bits per heavy atom. The molecule has 0 bridgehead atoms. The Bertz CT molecular complexity index is 790. The lowest BCUT2D eigenvalue weighted by Crippen LogP contribution is -2.44. The van der Waals surface area contributed by atoms with Crippen LogP contribution in [0.15, 0.2) is 18.2 Å². The summed E-state index contributed by atoms with van der Waals surface area (Å²) in [6.45, 7) is 9.16. The Balaban J connectivity index is 1.69. The minimum atomic E-state index is -0.417. The molecule has 3 rings (SSSR count). The van der Waals surface area contributed by atoms with Crippen molar-refractivity contribution in [3.05, 3.63) is 29.3 Å². The van der Waals surface area contributed by atoms with E-state index < -0.39 is 6.04 Å². The van der Waals surface area contributed by atoms with Crippen LogP contribution in [0.5, 0.6) is 0 Å². The lowest BCUT2D eigenvalue weighted by Gasteiger charge is -2.33. The SMILES string of the molecule is Cc1cc(C(=O)N2CCCCC2C)ccc1NC(=O)C1CCCN1C(=O)C(C)C. The maximum absolute atomic E-state index is 12.9. The molecule has 0 radical (unpaired) electrons. The molecule has 0 aromatic heterocycles. The first-order chi connectivity index (χ1) is 13.8. The predicted octanol–water partition coefficient (Wildman–Crippen LogP) is 3.60. The van der Waals surface area contributed by atoms with E-state index in [4.69, 9.17) is 0 Å². The minimum Gasteiger partial charge on any atom is -0.336 e. The van der Waals surface area contributed by atoms with Gasteiger partial charge in [0, 0.05) is 36.3 Å². The Labute approximate surface area is 173 Å². The zero-order valence-electron chi connectivity index (χ0n) is 18.0. The quantitative estimate of drug-likeness (QED) is 0.841. The van der Waals surface area contributed by atoms with Gasteiger partial charge in [-0.15, -0.1) is 0 Å². The van der Waals surface area contributed by atoms with Crippen LogP contribution in [0.2, 0.25) is 0 Å². The second-order valence-corrected chi connectivity index (χ2v) is 8.71. The van der Waals surface area contributed by atoms with Gasteiger partial charge in [-0.05, 0) is 69.7 Å². The summed E-state index contributed by atoms with van der Waals surface area (Å²) in [7, 11) is 0. The number of carbonyl (C=O) groups excluding carboxylic acids is 3. The molecule has 2 aliphatic heterocycles. The van der Waals surface area contributed by atoms with Crippen molar-refractivity contribution < 1.29 is 14.4 Å². The molecule has 1 aromatic rings. The number of nitrogens with zero attached hydrogens (tertiary/aromatic N) is 2. The van der Waals surface area contributed by atoms with Gasteiger partial charge in [-0.3, -0.25) is 14.4 Å². The molecule has 6 nitrogen and oxygen atoms in total. The Hall–Kier alpha value is -2.37. The van der Waals surface area contributed by atoms with Crippen LogP contribution in [0.25, 0.3) is 0 Å². The fourth-order valence-electron chi connectivity index (χ4n) is 4.35. The second-order valence-electron chi connectivity index (χ2n) is 8.71. The van der Waals surface area contributed by atoms with E-state index in [9.17, 15) is 14.4 Å². The number of aryl methyl sites for hydroxylation is 1. The molecule has 2 saturated heterocycles. The highest BCUT2D eigenvalue weighted by molar-refractivity contribution is 5.99. The number of rotatable bonds is 4. The molecule has 1 aromatic carbocycles. The normalized spacial score (nSPS) is 22.1. The summed E-state index contributed by atoms with van der Waals surface area (Å²) >= 11 is 0. The van der Waals surface area contributed by atoms with Crippen LogP contribution in [0.3, 0.4) is 0 Å². The molecule has 2 fully saturated rings. The second kappa shape index (κ2) is 8.97. The maximum atomic E-state index is 12.9. The molecule has 6 heteroatoms. The fourth-order valence-corrected chi connectivity index (χ4v) is 4.35. The van der Waals surface area contributed by atoms with E-state index in [1.807, 2.05) is 31.7 Å². The lowest BCUT2D eigenvalue weighted by molar-refractivity contribution is -0.139. The maximum Gasteiger partial charge on any atom is 0.254 e. The van der Waals surface area contributed by atoms with E-state index in [0.29, 0.717) is 24.2 Å². The van der Waals surface area contributed by atoms with Crippen molar-refractivity contribution in [1.29, 1.82) is 0 Å². The van der Waals surface area contributed by atoms with Crippen LogP contribution in [0.1, 0.15) is 68.8 Å². The highest BCUT2D eigenvalue weighted by atomic mass is 16.2. The molecule has 2 aliphatic rings. The molecule has 2 atom stereocenters. The molecule has 29 heavy (non-hydrogen) atoms. The van der Waals surface area contributed by atoms with E-state index in [1.165, 1.54) is 6.42 Å². The fraction of sp³-hybridized carbons (Fsp3) is 0.609. The number of hydrogen-bond donors (Lipinski definition) is 1. The number of carbonyl (C=O) groups is 3. The van der Waals surface area contributed by atoms with E-state index in [0.717, 1.165) is 31.4 Å². The van der Waals surface area contributed by atoms with Crippen LogP contribution >= 0.6 is 0 Å². The number of likely N-dealkylation sites (tertiary alicyclic amines) is 2. The largest absolute Gasteiger partial charge is 0.336 e. The molecule has 158 valence electrons. The molecule has 0 spiro atoms. The summed E-state index contributed by atoms with van der Waals surface area (Å²) in [6, 6.07) is 5.30. The van der Waals surface area contributed by atoms with Crippen LogP contribution in [-0.4, -0.2) is 52.7 Å². The summed E-state index contributed by atoms with van der Waals surface area (Å²) in [5.41, 5.74) is 2.21. The first kappa shape index (κ1) is 21.3. The van der Waals surface area contributed by atoms with Crippen molar-refractivity contribution in [2.24, 2.45) is 5.92 Å². The average Bonchev–Trinajstić information content (AvgIpc) is 3.18. The number of nitrogens with one attached hydrogen (secondary N) is 1. The van der Waals surface area contributed by atoms with Gasteiger partial charge in [-0.1, -0.05) is 13.8 Å². The third kappa shape index (κ3) is 4.62. The van der Waals surface area contributed by atoms with Gasteiger partial charge < -0.3 is 15.1 Å². The summed E-state index contributed by atoms with van der Waals surface area (Å²) in [4.78, 5) is 41.7. The highest BCUT2D eigenvalue weighted by Crippen LogP contribution is 2.25. The van der Waals surface area contributed by atoms with Crippen molar-refractivity contribution >= 4 is 23.4 Å². The first-order valence-corrected chi connectivity index (χ1v) is 10.8. The van der Waals surface area contributed by atoms with Crippen molar-refractivity contribution in [2.45, 2.75) is 71.9 Å². The average molecular weight is 400 g/mol. The summed E-state index contributed by atoms with van der Waals surface area (Å²) in [5, 5.41) is 2.97. The number of amides is 3. The van der Waals surface area contributed by atoms with Gasteiger partial charge in [-0.25, -0.2) is 0 Å². The van der Waals surface area contributed by atoms with Gasteiger partial charge in [0.2, 0.25) is 11.8 Å². The zero-order chi connectivity index (χ0) is 21.1. The smallest absolute Gasteiger partial charge is 0.254 e. The topological polar surface area (TPSA) is 69.7 Å². The summed E-state index contributed by atoms with van der Waals surface area (Å²) in [5.74, 6) is -0.186. The monoisotopic (exact) mass is 399 g/mol. The van der Waals surface area contributed by atoms with Crippen molar-refractivity contribution in [3.63, 3.8) is 0 Å². The van der Waals surface area contributed by atoms with Gasteiger partial charge in [0.25, 0.3) is 5.91 Å². The van der Waals surface area contributed by atoms with Crippen LogP contribution < -0.4 is 5.32 Å². The van der Waals surface area contributed by atoms with Crippen LogP contribution in [0, 0.1) is 12.8 Å². The van der Waals surface area contributed by atoms with Gasteiger partial charge in [0.1, 0.15) is 6.04 Å². The van der Waals surface area contributed by atoms with Gasteiger partial charge in [0.15, 0.2) is 0 Å². The molecule has 2 unspecified atom stereocenters. The molecular formula is C23H33N3O3. The highest BCUT2D eigenvalue weighted by Gasteiger charge is 2.35. The third-order valence-corrected chi connectivity index (χ3v) is 6.13. The standard InChI is InChI=1S/C23H33N3O3/c1-15(2)22(28)26-13-7-9-20(26)21(27)24-19-11-10-18(14-16(19)3)23(29)25-12-6-5-8-17(25)4/h10-11,14-15,17,20H,5-9,12-13H2,1-4H3,(H,24,27). The number of piperidine rings is 1. The lowest BCUT2D eigenvalue weighted by atomic mass is 10.0. The molecule has 3 amide bonds. The van der Waals surface area contributed by atoms with Gasteiger partial charge in [0.05, 0.1) is 0 Å². The molecule has 1 N–H and O–H groups in total. The van der Waals surface area contributed by atoms with Crippen molar-refractivity contribution in [2.75, 3.05) is 18.4 Å². The van der Waals surface area contributed by atoms with E-state index in [1.54, 1.807) is 17.0 Å². The van der Waals surface area contributed by atoms with Crippen molar-refractivity contribution in [1.82, 2.24) is 9.80 Å². The first-order valence-electron chi connectivity index (χ1n) is 10.8. The van der Waals surface area contributed by atoms with Crippen LogP contribution in [0.4, 0.5) is 5.69 Å². The van der Waals surface area contributed by atoms with Gasteiger partial charge in [-0.2, -0.15) is 0 Å². The van der Waals surface area contributed by atoms with E-state index >= 15 is 0 Å². The number of anilines is 1. The molecule has 2 heterocycles. The predicted molar refractivity (Wildman–Crippen MR) is 114 cm³/mol. The van der Waals surface area contributed by atoms with Gasteiger partial charge >= 0.3 is 0 Å². The molecule has 0 aliphatic carbocycles. The van der Waals surface area contributed by atoms with E-state index in [-0.39, 0.29) is 29.7 Å². The van der Waals surface area contributed by atoms with Crippen molar-refractivity contribution in [3.8, 4) is 0 Å². The minimum absolute atomic E-state index is 0.0240.